The highest BCUT2D eigenvalue weighted by atomic mass is 16.7. The van der Waals surface area contributed by atoms with E-state index in [2.05, 4.69) is 11.9 Å². The van der Waals surface area contributed by atoms with Gasteiger partial charge in [0.25, 0.3) is 0 Å². The van der Waals surface area contributed by atoms with Crippen LogP contribution in [0.1, 0.15) is 33.2 Å². The van der Waals surface area contributed by atoms with Gasteiger partial charge in [-0.05, 0) is 30.2 Å². The van der Waals surface area contributed by atoms with Gasteiger partial charge in [-0.3, -0.25) is 4.79 Å². The molecule has 4 rings (SSSR count). The van der Waals surface area contributed by atoms with Crippen molar-refractivity contribution in [2.75, 3.05) is 13.4 Å². The normalized spacial score (nSPS) is 12.3. The molecule has 1 N–H and O–H groups in total. The Kier molecular flexibility index (Phi) is 4.08. The molecule has 0 bridgehead atoms. The zero-order valence-electron chi connectivity index (χ0n) is 14.2. The van der Waals surface area contributed by atoms with E-state index in [-0.39, 0.29) is 19.2 Å². The lowest BCUT2D eigenvalue weighted by molar-refractivity contribution is 0.0475. The first-order valence-corrected chi connectivity index (χ1v) is 8.36. The minimum atomic E-state index is -0.578. The second-order valence-electron chi connectivity index (χ2n) is 5.96. The number of esters is 1. The van der Waals surface area contributed by atoms with Gasteiger partial charge in [-0.15, -0.1) is 0 Å². The number of fused-ring (bicyclic) bond motifs is 2. The van der Waals surface area contributed by atoms with Gasteiger partial charge in [0.2, 0.25) is 12.6 Å². The van der Waals surface area contributed by atoms with E-state index >= 15 is 0 Å². The fourth-order valence-electron chi connectivity index (χ4n) is 3.06. The fourth-order valence-corrected chi connectivity index (χ4v) is 3.06. The van der Waals surface area contributed by atoms with Gasteiger partial charge in [0.05, 0.1) is 5.56 Å². The van der Waals surface area contributed by atoms with Crippen molar-refractivity contribution in [2.45, 2.75) is 13.3 Å². The fraction of sp³-hybridized carbons (Fsp3) is 0.200. The lowest BCUT2D eigenvalue weighted by atomic mass is 10.1. The molecule has 0 unspecified atom stereocenters. The van der Waals surface area contributed by atoms with E-state index in [1.165, 1.54) is 0 Å². The van der Waals surface area contributed by atoms with E-state index in [0.717, 1.165) is 22.9 Å². The molecule has 132 valence electrons. The number of hydrogen-bond donors (Lipinski definition) is 1. The van der Waals surface area contributed by atoms with E-state index in [1.807, 2.05) is 18.2 Å². The molecule has 0 spiro atoms. The van der Waals surface area contributed by atoms with Crippen LogP contribution in [-0.4, -0.2) is 30.1 Å². The van der Waals surface area contributed by atoms with Gasteiger partial charge in [-0.25, -0.2) is 4.79 Å². The van der Waals surface area contributed by atoms with Crippen molar-refractivity contribution in [3.63, 3.8) is 0 Å². The van der Waals surface area contributed by atoms with Crippen molar-refractivity contribution >= 4 is 22.7 Å². The van der Waals surface area contributed by atoms with Crippen molar-refractivity contribution < 1.29 is 23.8 Å². The number of aryl methyl sites for hydroxylation is 1. The summed E-state index contributed by atoms with van der Waals surface area (Å²) in [6, 6.07) is 10.6. The maximum Gasteiger partial charge on any atom is 0.338 e. The molecule has 6 heteroatoms. The monoisotopic (exact) mass is 351 g/mol. The first kappa shape index (κ1) is 16.2. The molecule has 26 heavy (non-hydrogen) atoms. The predicted octanol–water partition coefficient (Wildman–Crippen LogP) is 3.50. The number of carbonyl (C=O) groups excluding carboxylic acids is 2. The summed E-state index contributed by atoms with van der Waals surface area (Å²) in [7, 11) is 0. The summed E-state index contributed by atoms with van der Waals surface area (Å²) in [5, 5.41) is 0.841. The van der Waals surface area contributed by atoms with Crippen LogP contribution in [0.25, 0.3) is 10.9 Å². The van der Waals surface area contributed by atoms with Gasteiger partial charge < -0.3 is 19.2 Å². The Morgan fingerprint density at radius 1 is 1.15 bits per heavy atom. The Bertz CT molecular complexity index is 1000. The Morgan fingerprint density at radius 2 is 2.00 bits per heavy atom. The lowest BCUT2D eigenvalue weighted by Gasteiger charge is -2.05. The van der Waals surface area contributed by atoms with Crippen molar-refractivity contribution in [1.82, 2.24) is 4.98 Å². The summed E-state index contributed by atoms with van der Waals surface area (Å²) in [5.74, 6) is 0.252. The molecule has 0 saturated carbocycles. The molecule has 2 heterocycles. The van der Waals surface area contributed by atoms with E-state index in [9.17, 15) is 9.59 Å². The molecule has 1 aromatic heterocycles. The van der Waals surface area contributed by atoms with Gasteiger partial charge in [0, 0.05) is 22.7 Å². The molecule has 0 saturated heterocycles. The molecule has 1 aliphatic rings. The number of aromatic amines is 1. The van der Waals surface area contributed by atoms with Crippen molar-refractivity contribution in [1.29, 1.82) is 0 Å². The van der Waals surface area contributed by atoms with Crippen LogP contribution in [0.5, 0.6) is 11.5 Å². The van der Waals surface area contributed by atoms with Crippen molar-refractivity contribution in [2.24, 2.45) is 0 Å². The highest BCUT2D eigenvalue weighted by Crippen LogP contribution is 2.32. The first-order chi connectivity index (χ1) is 12.7. The van der Waals surface area contributed by atoms with Crippen LogP contribution in [0.15, 0.2) is 42.6 Å². The van der Waals surface area contributed by atoms with Crippen LogP contribution in [-0.2, 0) is 11.2 Å². The standard InChI is InChI=1S/C20H17NO5/c1-2-12-4-3-5-14-15(9-21-19(12)14)16(22)10-24-20(23)13-6-7-17-18(8-13)26-11-25-17/h3-9,21H,2,10-11H2,1H3. The minimum absolute atomic E-state index is 0.132. The summed E-state index contributed by atoms with van der Waals surface area (Å²) in [6.45, 7) is 1.87. The topological polar surface area (TPSA) is 77.6 Å². The first-order valence-electron chi connectivity index (χ1n) is 8.36. The second-order valence-corrected chi connectivity index (χ2v) is 5.96. The largest absolute Gasteiger partial charge is 0.454 e. The SMILES string of the molecule is CCc1cccc2c(C(=O)COC(=O)c3ccc4c(c3)OCO4)c[nH]c12. The van der Waals surface area contributed by atoms with Crippen LogP contribution in [0, 0.1) is 0 Å². The molecule has 0 amide bonds. The Morgan fingerprint density at radius 3 is 2.85 bits per heavy atom. The number of para-hydroxylation sites is 1. The smallest absolute Gasteiger partial charge is 0.338 e. The molecule has 0 atom stereocenters. The summed E-state index contributed by atoms with van der Waals surface area (Å²) in [6.07, 6.45) is 2.53. The molecule has 6 nitrogen and oxygen atoms in total. The number of nitrogens with one attached hydrogen (secondary N) is 1. The van der Waals surface area contributed by atoms with E-state index < -0.39 is 5.97 Å². The summed E-state index contributed by atoms with van der Waals surface area (Å²) >= 11 is 0. The Balaban J connectivity index is 1.48. The number of carbonyl (C=O) groups is 2. The third-order valence-corrected chi connectivity index (χ3v) is 4.43. The summed E-state index contributed by atoms with van der Waals surface area (Å²) in [4.78, 5) is 27.8. The molecular weight excluding hydrogens is 334 g/mol. The lowest BCUT2D eigenvalue weighted by Crippen LogP contribution is -2.14. The van der Waals surface area contributed by atoms with Crippen LogP contribution >= 0.6 is 0 Å². The maximum atomic E-state index is 12.5. The molecule has 0 aliphatic carbocycles. The van der Waals surface area contributed by atoms with Crippen LogP contribution < -0.4 is 9.47 Å². The van der Waals surface area contributed by atoms with Crippen LogP contribution in [0.3, 0.4) is 0 Å². The quantitative estimate of drug-likeness (QED) is 0.562. The number of ketones is 1. The molecule has 2 aromatic carbocycles. The molecule has 3 aromatic rings. The summed E-state index contributed by atoms with van der Waals surface area (Å²) < 4.78 is 15.6. The van der Waals surface area contributed by atoms with Crippen molar-refractivity contribution in [3.05, 3.63) is 59.3 Å². The third kappa shape index (κ3) is 2.79. The highest BCUT2D eigenvalue weighted by molar-refractivity contribution is 6.09. The molecule has 1 aliphatic heterocycles. The second kappa shape index (κ2) is 6.55. The number of aromatic nitrogens is 1. The van der Waals surface area contributed by atoms with Crippen LogP contribution in [0.2, 0.25) is 0 Å². The maximum absolute atomic E-state index is 12.5. The van der Waals surface area contributed by atoms with Gasteiger partial charge in [0.1, 0.15) is 0 Å². The van der Waals surface area contributed by atoms with Crippen LogP contribution in [0.4, 0.5) is 0 Å². The average Bonchev–Trinajstić information content (AvgIpc) is 3.31. The third-order valence-electron chi connectivity index (χ3n) is 4.43. The van der Waals surface area contributed by atoms with E-state index in [1.54, 1.807) is 24.4 Å². The Hall–Kier alpha value is -3.28. The number of ether oxygens (including phenoxy) is 3. The van der Waals surface area contributed by atoms with Gasteiger partial charge in [0.15, 0.2) is 18.1 Å². The highest BCUT2D eigenvalue weighted by Gasteiger charge is 2.19. The van der Waals surface area contributed by atoms with Gasteiger partial charge in [-0.1, -0.05) is 25.1 Å². The number of rotatable bonds is 5. The van der Waals surface area contributed by atoms with E-state index in [0.29, 0.717) is 22.6 Å². The number of H-pyrrole nitrogens is 1. The number of Topliss-reactive ketones (excluding diaryl/α,β-unsaturated/α-hetero) is 1. The number of benzene rings is 2. The predicted molar refractivity (Wildman–Crippen MR) is 94.9 cm³/mol. The van der Waals surface area contributed by atoms with E-state index in [4.69, 9.17) is 14.2 Å². The minimum Gasteiger partial charge on any atom is -0.454 e. The zero-order chi connectivity index (χ0) is 18.1. The molecule has 0 fully saturated rings. The average molecular weight is 351 g/mol. The molecule has 0 radical (unpaired) electrons. The van der Waals surface area contributed by atoms with Crippen molar-refractivity contribution in [3.8, 4) is 11.5 Å². The van der Waals surface area contributed by atoms with Gasteiger partial charge >= 0.3 is 5.97 Å². The number of hydrogen-bond acceptors (Lipinski definition) is 5. The van der Waals surface area contributed by atoms with Gasteiger partial charge in [-0.2, -0.15) is 0 Å². The molecular formula is C20H17NO5. The summed E-state index contributed by atoms with van der Waals surface area (Å²) in [5.41, 5.74) is 2.92. The Labute approximate surface area is 149 Å². The zero-order valence-corrected chi connectivity index (χ0v) is 14.2.